The molecule has 0 heterocycles. The lowest BCUT2D eigenvalue weighted by molar-refractivity contribution is 0.508. The van der Waals surface area contributed by atoms with E-state index in [1.54, 1.807) is 6.92 Å². The first-order valence-corrected chi connectivity index (χ1v) is 3.48. The molecule has 0 fully saturated rings. The fourth-order valence-electron chi connectivity index (χ4n) is 0.715. The molecule has 0 aliphatic rings. The van der Waals surface area contributed by atoms with Gasteiger partial charge in [0.2, 0.25) is 0 Å². The lowest BCUT2D eigenvalue weighted by Gasteiger charge is -1.97. The molecule has 1 aromatic carbocycles. The molecule has 0 aliphatic heterocycles. The van der Waals surface area contributed by atoms with Crippen molar-refractivity contribution >= 4 is 17.1 Å². The Morgan fingerprint density at radius 3 is 2.36 bits per heavy atom. The Morgan fingerprint density at radius 1 is 1.27 bits per heavy atom. The van der Waals surface area contributed by atoms with Crippen LogP contribution in [-0.4, -0.2) is 4.86 Å². The maximum Gasteiger partial charge on any atom is 0.159 e. The Balaban J connectivity index is 3.15. The van der Waals surface area contributed by atoms with Crippen LogP contribution in [0.4, 0.5) is 8.78 Å². The van der Waals surface area contributed by atoms with Crippen molar-refractivity contribution in [1.29, 1.82) is 0 Å². The van der Waals surface area contributed by atoms with E-state index in [4.69, 9.17) is 12.2 Å². The largest absolute Gasteiger partial charge is 0.204 e. The molecule has 0 unspecified atom stereocenters. The van der Waals surface area contributed by atoms with Gasteiger partial charge in [0.25, 0.3) is 0 Å². The zero-order chi connectivity index (χ0) is 8.43. The van der Waals surface area contributed by atoms with Crippen molar-refractivity contribution in [3.63, 3.8) is 0 Å². The quantitative estimate of drug-likeness (QED) is 0.463. The summed E-state index contributed by atoms with van der Waals surface area (Å²) in [7, 11) is 0. The van der Waals surface area contributed by atoms with Crippen LogP contribution in [0, 0.1) is 11.6 Å². The average molecular weight is 172 g/mol. The molecule has 0 nitrogen and oxygen atoms in total. The molecule has 0 bridgehead atoms. The van der Waals surface area contributed by atoms with Crippen LogP contribution in [0.15, 0.2) is 18.2 Å². The third-order valence-electron chi connectivity index (χ3n) is 1.33. The molecule has 0 radical (unpaired) electrons. The molecule has 0 spiro atoms. The van der Waals surface area contributed by atoms with Gasteiger partial charge in [0, 0.05) is 4.86 Å². The molecular weight excluding hydrogens is 166 g/mol. The van der Waals surface area contributed by atoms with Gasteiger partial charge in [-0.05, 0) is 24.6 Å². The highest BCUT2D eigenvalue weighted by atomic mass is 32.1. The first kappa shape index (κ1) is 8.27. The molecule has 0 amide bonds. The lowest BCUT2D eigenvalue weighted by Crippen LogP contribution is -1.92. The maximum absolute atomic E-state index is 12.5. The highest BCUT2D eigenvalue weighted by Gasteiger charge is 2.02. The van der Waals surface area contributed by atoms with Gasteiger partial charge in [0.1, 0.15) is 0 Å². The zero-order valence-corrected chi connectivity index (χ0v) is 6.71. The minimum Gasteiger partial charge on any atom is -0.204 e. The van der Waals surface area contributed by atoms with Gasteiger partial charge >= 0.3 is 0 Å². The fourth-order valence-corrected chi connectivity index (χ4v) is 0.842. The predicted molar refractivity (Wildman–Crippen MR) is 43.7 cm³/mol. The van der Waals surface area contributed by atoms with E-state index >= 15 is 0 Å². The van der Waals surface area contributed by atoms with E-state index in [9.17, 15) is 8.78 Å². The normalized spacial score (nSPS) is 9.73. The van der Waals surface area contributed by atoms with Gasteiger partial charge in [-0.15, -0.1) is 0 Å². The van der Waals surface area contributed by atoms with Gasteiger partial charge < -0.3 is 0 Å². The van der Waals surface area contributed by atoms with E-state index in [0.717, 1.165) is 12.1 Å². The van der Waals surface area contributed by atoms with Gasteiger partial charge in [0.05, 0.1) is 0 Å². The van der Waals surface area contributed by atoms with Crippen molar-refractivity contribution < 1.29 is 8.78 Å². The van der Waals surface area contributed by atoms with Crippen molar-refractivity contribution in [2.45, 2.75) is 6.92 Å². The van der Waals surface area contributed by atoms with E-state index in [-0.39, 0.29) is 0 Å². The summed E-state index contributed by atoms with van der Waals surface area (Å²) in [6.07, 6.45) is 0. The molecule has 0 saturated heterocycles. The number of hydrogen-bond donors (Lipinski definition) is 0. The molecule has 0 N–H and O–H groups in total. The van der Waals surface area contributed by atoms with Crippen molar-refractivity contribution in [2.75, 3.05) is 0 Å². The molecule has 0 aliphatic carbocycles. The molecule has 0 aromatic heterocycles. The summed E-state index contributed by atoms with van der Waals surface area (Å²) in [4.78, 5) is 0.559. The SMILES string of the molecule is CC(=S)c1ccc(F)c(F)c1. The number of benzene rings is 1. The summed E-state index contributed by atoms with van der Waals surface area (Å²) in [5.41, 5.74) is 0.555. The van der Waals surface area contributed by atoms with Gasteiger partial charge in [-0.2, -0.15) is 0 Å². The van der Waals surface area contributed by atoms with Crippen LogP contribution < -0.4 is 0 Å². The fraction of sp³-hybridized carbons (Fsp3) is 0.125. The molecule has 1 aromatic rings. The van der Waals surface area contributed by atoms with Crippen molar-refractivity contribution in [3.05, 3.63) is 35.4 Å². The molecular formula is C8H6F2S. The van der Waals surface area contributed by atoms with E-state index in [1.165, 1.54) is 6.07 Å². The summed E-state index contributed by atoms with van der Waals surface area (Å²) in [6.45, 7) is 1.67. The third-order valence-corrected chi connectivity index (χ3v) is 1.56. The maximum atomic E-state index is 12.5. The second-order valence-electron chi connectivity index (χ2n) is 2.19. The lowest BCUT2D eigenvalue weighted by atomic mass is 10.2. The van der Waals surface area contributed by atoms with Crippen LogP contribution in [0.25, 0.3) is 0 Å². The number of thiocarbonyl (C=S) groups is 1. The van der Waals surface area contributed by atoms with Gasteiger partial charge in [-0.25, -0.2) is 8.78 Å². The minimum atomic E-state index is -0.855. The van der Waals surface area contributed by atoms with Crippen molar-refractivity contribution in [1.82, 2.24) is 0 Å². The topological polar surface area (TPSA) is 0 Å². The van der Waals surface area contributed by atoms with Crippen LogP contribution >= 0.6 is 12.2 Å². The van der Waals surface area contributed by atoms with E-state index in [2.05, 4.69) is 0 Å². The second-order valence-corrected chi connectivity index (χ2v) is 2.80. The first-order chi connectivity index (χ1) is 5.11. The number of rotatable bonds is 1. The van der Waals surface area contributed by atoms with E-state index < -0.39 is 11.6 Å². The van der Waals surface area contributed by atoms with Crippen LogP contribution in [-0.2, 0) is 0 Å². The third kappa shape index (κ3) is 1.80. The van der Waals surface area contributed by atoms with Crippen LogP contribution in [0.3, 0.4) is 0 Å². The standard InChI is InChI=1S/C8H6F2S/c1-5(11)6-2-3-7(9)8(10)4-6/h2-4H,1H3. The molecule has 0 saturated carbocycles. The Hall–Kier alpha value is -0.830. The molecule has 58 valence electrons. The van der Waals surface area contributed by atoms with E-state index in [0.29, 0.717) is 10.4 Å². The Bertz CT molecular complexity index is 294. The monoisotopic (exact) mass is 172 g/mol. The Kier molecular flexibility index (Phi) is 2.29. The highest BCUT2D eigenvalue weighted by Crippen LogP contribution is 2.09. The highest BCUT2D eigenvalue weighted by molar-refractivity contribution is 7.80. The van der Waals surface area contributed by atoms with Crippen LogP contribution in [0.5, 0.6) is 0 Å². The van der Waals surface area contributed by atoms with Crippen LogP contribution in [0.2, 0.25) is 0 Å². The number of halogens is 2. The Morgan fingerprint density at radius 2 is 1.91 bits per heavy atom. The van der Waals surface area contributed by atoms with Gasteiger partial charge in [-0.3, -0.25) is 0 Å². The van der Waals surface area contributed by atoms with Gasteiger partial charge in [0.15, 0.2) is 11.6 Å². The van der Waals surface area contributed by atoms with Crippen molar-refractivity contribution in [3.8, 4) is 0 Å². The van der Waals surface area contributed by atoms with Crippen LogP contribution in [0.1, 0.15) is 12.5 Å². The second kappa shape index (κ2) is 3.05. The smallest absolute Gasteiger partial charge is 0.159 e. The molecule has 11 heavy (non-hydrogen) atoms. The Labute approximate surface area is 68.9 Å². The van der Waals surface area contributed by atoms with Gasteiger partial charge in [-0.1, -0.05) is 18.3 Å². The summed E-state index contributed by atoms with van der Waals surface area (Å²) in [5, 5.41) is 0. The summed E-state index contributed by atoms with van der Waals surface area (Å²) in [5.74, 6) is -1.70. The minimum absolute atomic E-state index is 0.555. The first-order valence-electron chi connectivity index (χ1n) is 3.07. The van der Waals surface area contributed by atoms with Crippen molar-refractivity contribution in [2.24, 2.45) is 0 Å². The molecule has 0 atom stereocenters. The average Bonchev–Trinajstić information content (AvgIpc) is 1.94. The zero-order valence-electron chi connectivity index (χ0n) is 5.90. The summed E-state index contributed by atoms with van der Waals surface area (Å²) in [6, 6.07) is 3.62. The molecule has 3 heteroatoms. The van der Waals surface area contributed by atoms with E-state index in [1.807, 2.05) is 0 Å². The molecule has 1 rings (SSSR count). The summed E-state index contributed by atoms with van der Waals surface area (Å²) < 4.78 is 24.8. The summed E-state index contributed by atoms with van der Waals surface area (Å²) >= 11 is 4.78. The number of hydrogen-bond acceptors (Lipinski definition) is 1. The predicted octanol–water partition coefficient (Wildman–Crippen LogP) is 2.70.